The number of hydrogen-bond acceptors (Lipinski definition) is 27. The van der Waals surface area contributed by atoms with Gasteiger partial charge in [-0.1, -0.05) is 175 Å². The molecule has 0 saturated carbocycles. The van der Waals surface area contributed by atoms with Crippen molar-refractivity contribution in [1.29, 1.82) is 0 Å². The van der Waals surface area contributed by atoms with Crippen molar-refractivity contribution in [3.8, 4) is 0 Å². The van der Waals surface area contributed by atoms with E-state index in [0.29, 0.717) is 88.4 Å². The zero-order valence-corrected chi connectivity index (χ0v) is 96.7. The van der Waals surface area contributed by atoms with Crippen LogP contribution in [0.1, 0.15) is 279 Å². The zero-order chi connectivity index (χ0) is 113. The average Bonchev–Trinajstić information content (AvgIpc) is 1.72. The fraction of sp³-hybridized carbons (Fsp3) is 0.757. The molecule has 0 radical (unpaired) electrons. The summed E-state index contributed by atoms with van der Waals surface area (Å²) in [5, 5.41) is 5.66. The molecule has 148 heavy (non-hydrogen) atoms. The standard InChI is InChI=1S/C58H97N5O13S.C53H90N6O11S/c1-18-38(8)54(62(15)57(71)43(36(4)5)31-47(65)53(37(6)7)61(13)14)49(74-16)33-51(68)63-29-21-23-45(63)55(75-17)39(9)48(66)34-77(72,73)41-27-25-40(26-28-41)30-46(64)44(22-19-20-24-50(59)67)60-56(70)42(35(2)3)32-52(69)76-58(10,11)12;1-15-35(8)50(58(12)53(66)39(32(2)3)28-44(61)49(34(6)7)57(10)11)46(69-13)29-48(64)59-26-18-20-42(59)51(70-14)36(9)45(62)31-71(67,68)38-24-22-37(23-25-38)27-43(60)41(19-16-17-21-47(55)63)56-52(65)40(30-54)33(4)5/h25-28,35-39,42-45,49,53-55H,18-24,29-34H2,1-17H3,(H2,59,67)(H,60,70);22-25,32-36,39-42,46,49-51H,15-21,26-31,54H2,1-14H3,(H2,55,63)(H,56,65)/t38-,39-,42-,43-,44-,45-,49+,53-,54-,55+;35-,36-,39-,40-,41-,42-,46+,49-,50-,51+/m00/s1. The van der Waals surface area contributed by atoms with Gasteiger partial charge in [0.1, 0.15) is 17.1 Å². The van der Waals surface area contributed by atoms with Crippen molar-refractivity contribution in [3.63, 3.8) is 0 Å². The second-order valence-electron chi connectivity index (χ2n) is 44.8. The maximum Gasteiger partial charge on any atom is 0.307 e. The molecule has 2 aliphatic heterocycles. The van der Waals surface area contributed by atoms with Gasteiger partial charge >= 0.3 is 5.97 Å². The van der Waals surface area contributed by atoms with Crippen LogP contribution in [0.25, 0.3) is 0 Å². The number of amides is 8. The molecule has 2 aromatic carbocycles. The number of likely N-dealkylation sites (N-methyl/N-ethyl adjacent to an activating group) is 4. The van der Waals surface area contributed by atoms with E-state index in [-0.39, 0.29) is 199 Å². The molecule has 8 amide bonds. The van der Waals surface area contributed by atoms with Crippen molar-refractivity contribution in [2.24, 2.45) is 100 Å². The maximum atomic E-state index is 14.4. The van der Waals surface area contributed by atoms with Gasteiger partial charge in [-0.25, -0.2) is 16.8 Å². The van der Waals surface area contributed by atoms with Crippen LogP contribution in [-0.4, -0.2) is 314 Å². The fourth-order valence-electron chi connectivity index (χ4n) is 21.0. The number of sulfone groups is 2. The minimum Gasteiger partial charge on any atom is -0.460 e. The summed E-state index contributed by atoms with van der Waals surface area (Å²) in [7, 11) is 8.48. The Morgan fingerprint density at radius 2 is 0.750 bits per heavy atom. The molecule has 0 unspecified atom stereocenters. The van der Waals surface area contributed by atoms with E-state index in [0.717, 1.165) is 0 Å². The third-order valence-corrected chi connectivity index (χ3v) is 33.2. The smallest absolute Gasteiger partial charge is 0.307 e. The molecule has 4 rings (SSSR count). The molecule has 2 saturated heterocycles. The number of primary amides is 2. The normalized spacial score (nSPS) is 17.9. The first-order chi connectivity index (χ1) is 68.9. The number of esters is 1. The topological polar surface area (TPSA) is 492 Å². The number of unbranched alkanes of at least 4 members (excludes halogenated alkanes) is 2. The Bertz CT molecular complexity index is 4850. The number of ketones is 6. The number of nitrogens with one attached hydrogen (secondary N) is 2. The van der Waals surface area contributed by atoms with Crippen LogP contribution >= 0.6 is 0 Å². The molecule has 2 fully saturated rings. The molecule has 35 nitrogen and oxygen atoms in total. The predicted molar refractivity (Wildman–Crippen MR) is 573 cm³/mol. The lowest BCUT2D eigenvalue weighted by atomic mass is 9.83. The van der Waals surface area contributed by atoms with Gasteiger partial charge in [-0.2, -0.15) is 0 Å². The highest BCUT2D eigenvalue weighted by Crippen LogP contribution is 2.37. The number of carbonyl (C=O) groups excluding carboxylic acids is 15. The van der Waals surface area contributed by atoms with E-state index in [4.69, 9.17) is 40.9 Å². The molecule has 0 bridgehead atoms. The summed E-state index contributed by atoms with van der Waals surface area (Å²) >= 11 is 0. The third kappa shape index (κ3) is 40.7. The van der Waals surface area contributed by atoms with Crippen LogP contribution in [0.4, 0.5) is 0 Å². The van der Waals surface area contributed by atoms with Crippen LogP contribution in [0.3, 0.4) is 0 Å². The van der Waals surface area contributed by atoms with Gasteiger partial charge in [0.05, 0.1) is 114 Å². The Morgan fingerprint density at radius 1 is 0.426 bits per heavy atom. The summed E-state index contributed by atoms with van der Waals surface area (Å²) in [4.78, 5) is 212. The predicted octanol–water partition coefficient (Wildman–Crippen LogP) is 11.1. The second-order valence-corrected chi connectivity index (χ2v) is 48.8. The molecule has 0 spiro atoms. The number of nitrogens with two attached hydrogens (primary N) is 3. The summed E-state index contributed by atoms with van der Waals surface area (Å²) in [5.74, 6) is -11.6. The minimum absolute atomic E-state index is 0.0000279. The highest BCUT2D eigenvalue weighted by atomic mass is 32.2. The third-order valence-electron chi connectivity index (χ3n) is 29.9. The first kappa shape index (κ1) is 133. The van der Waals surface area contributed by atoms with Crippen LogP contribution in [0.15, 0.2) is 58.3 Å². The monoisotopic (exact) mass is 2120 g/mol. The van der Waals surface area contributed by atoms with Gasteiger partial charge in [0.2, 0.25) is 47.3 Å². The van der Waals surface area contributed by atoms with Crippen molar-refractivity contribution >= 4 is 108 Å². The number of likely N-dealkylation sites (tertiary alicyclic amines) is 2. The number of nitrogens with zero attached hydrogens (tertiary/aromatic N) is 6. The molecule has 2 aromatic rings. The number of Topliss-reactive ketones (excluding diaryl/α,β-unsaturated/α-hetero) is 6. The highest BCUT2D eigenvalue weighted by molar-refractivity contribution is 7.92. The summed E-state index contributed by atoms with van der Waals surface area (Å²) in [6.07, 6.45) is 2.62. The van der Waals surface area contributed by atoms with Gasteiger partial charge < -0.3 is 71.1 Å². The largest absolute Gasteiger partial charge is 0.460 e. The van der Waals surface area contributed by atoms with Gasteiger partial charge in [0.15, 0.2) is 54.4 Å². The number of rotatable bonds is 67. The van der Waals surface area contributed by atoms with Crippen molar-refractivity contribution in [2.45, 2.75) is 368 Å². The molecule has 0 aliphatic carbocycles. The average molecular weight is 2120 g/mol. The molecule has 2 aliphatic rings. The fourth-order valence-corrected chi connectivity index (χ4v) is 23.8. The lowest BCUT2D eigenvalue weighted by Crippen LogP contribution is -2.54. The molecular weight excluding hydrogens is 1940 g/mol. The minimum atomic E-state index is -4.20. The van der Waals surface area contributed by atoms with Crippen LogP contribution < -0.4 is 27.8 Å². The molecule has 842 valence electrons. The van der Waals surface area contributed by atoms with E-state index in [1.807, 2.05) is 135 Å². The van der Waals surface area contributed by atoms with E-state index < -0.39 is 168 Å². The van der Waals surface area contributed by atoms with E-state index >= 15 is 0 Å². The van der Waals surface area contributed by atoms with Crippen LogP contribution in [0, 0.1) is 82.9 Å². The number of ether oxygens (including phenoxy) is 5. The Hall–Kier alpha value is -8.69. The van der Waals surface area contributed by atoms with Crippen molar-refractivity contribution in [3.05, 3.63) is 59.7 Å². The van der Waals surface area contributed by atoms with Gasteiger partial charge in [-0.3, -0.25) is 81.7 Å². The number of carbonyl (C=O) groups is 15. The summed E-state index contributed by atoms with van der Waals surface area (Å²) in [6.45, 7) is 40.4. The first-order valence-corrected chi connectivity index (χ1v) is 56.7. The zero-order valence-electron chi connectivity index (χ0n) is 95.0. The Balaban J connectivity index is 0.000000763. The van der Waals surface area contributed by atoms with Crippen molar-refractivity contribution in [2.75, 3.05) is 102 Å². The lowest BCUT2D eigenvalue weighted by Gasteiger charge is -2.41. The number of benzene rings is 2. The Kier molecular flexibility index (Phi) is 56.9. The summed E-state index contributed by atoms with van der Waals surface area (Å²) < 4.78 is 84.5. The highest BCUT2D eigenvalue weighted by Gasteiger charge is 2.48. The number of methoxy groups -OCH3 is 4. The van der Waals surface area contributed by atoms with Crippen molar-refractivity contribution < 1.29 is 112 Å². The van der Waals surface area contributed by atoms with Crippen molar-refractivity contribution in [1.82, 2.24) is 40.0 Å². The molecular formula is C111H187N11O24S2. The quantitative estimate of drug-likeness (QED) is 0.0303. The summed E-state index contributed by atoms with van der Waals surface area (Å²) in [6, 6.07) is 6.74. The Morgan fingerprint density at radius 3 is 1.02 bits per heavy atom. The molecule has 20 atom stereocenters. The summed E-state index contributed by atoms with van der Waals surface area (Å²) in [5.41, 5.74) is 16.7. The Labute approximate surface area is 885 Å². The molecule has 0 aromatic heterocycles. The SMILES string of the molecule is CC[C@H](C)[C@@H]([C@@H](CC(=O)N1CCC[C@H]1[C@H](OC)[C@@H](C)C(=O)CS(=O)(=O)c1ccc(CC(=O)[C@H](CCCCC(N)=O)NC(=O)[C@@H](CC(=O)OC(C)(C)C)C(C)C)cc1)OC)N(C)C(=O)[C@@H](CC(=O)[C@H](C(C)C)N(C)C)C(C)C.CC[C@H](C)[C@@H]([C@@H](CC(=O)N1CCC[C@H]1[C@H](OC)[C@@H](C)C(=O)CS(=O)(=O)c1ccc(CC(=O)[C@H](CCCCC(N)=O)NC(=O)[C@@H](CN)C(C)C)cc1)OC)N(C)C(=O)[C@@H](CC(=O)[C@H](C(C)C)N(C)C)C(C)C. The molecule has 37 heteroatoms. The van der Waals surface area contributed by atoms with Gasteiger partial charge in [-0.05, 0) is 183 Å². The first-order valence-electron chi connectivity index (χ1n) is 53.4. The lowest BCUT2D eigenvalue weighted by molar-refractivity contribution is -0.158. The van der Waals surface area contributed by atoms with E-state index in [9.17, 15) is 88.8 Å². The van der Waals surface area contributed by atoms with E-state index in [1.165, 1.54) is 77.0 Å². The maximum absolute atomic E-state index is 14.4. The van der Waals surface area contributed by atoms with E-state index in [2.05, 4.69) is 10.6 Å². The molecule has 8 N–H and O–H groups in total. The van der Waals surface area contributed by atoms with Gasteiger partial charge in [0.25, 0.3) is 0 Å². The second kappa shape index (κ2) is 63.1. The van der Waals surface area contributed by atoms with Crippen LogP contribution in [-0.2, 0) is 128 Å². The molecule has 2 heterocycles. The van der Waals surface area contributed by atoms with Gasteiger partial charge in [0, 0.05) is 124 Å². The van der Waals surface area contributed by atoms with Crippen LogP contribution in [0.2, 0.25) is 0 Å². The van der Waals surface area contributed by atoms with E-state index in [1.54, 1.807) is 82.2 Å². The number of hydrogen-bond donors (Lipinski definition) is 5. The van der Waals surface area contributed by atoms with Gasteiger partial charge in [-0.15, -0.1) is 0 Å². The van der Waals surface area contributed by atoms with Crippen LogP contribution in [0.5, 0.6) is 0 Å².